The smallest absolute Gasteiger partial charge is 0.322 e. The van der Waals surface area contributed by atoms with E-state index >= 15 is 0 Å². The zero-order chi connectivity index (χ0) is 16.1. The van der Waals surface area contributed by atoms with Crippen molar-refractivity contribution in [2.24, 2.45) is 0 Å². The number of anilines is 1. The second kappa shape index (κ2) is 5.27. The van der Waals surface area contributed by atoms with Crippen LogP contribution in [-0.4, -0.2) is 37.7 Å². The minimum Gasteiger partial charge on any atom is -0.337 e. The van der Waals surface area contributed by atoms with Crippen LogP contribution in [0.5, 0.6) is 0 Å². The summed E-state index contributed by atoms with van der Waals surface area (Å²) in [5, 5.41) is 3.14. The lowest BCUT2D eigenvalue weighted by Gasteiger charge is -2.35. The Kier molecular flexibility index (Phi) is 3.68. The molecule has 3 unspecified atom stereocenters. The molecule has 0 saturated carbocycles. The van der Waals surface area contributed by atoms with E-state index in [2.05, 4.69) is 37.5 Å². The van der Waals surface area contributed by atoms with Crippen LogP contribution >= 0.6 is 0 Å². The first-order chi connectivity index (χ1) is 10.3. The van der Waals surface area contributed by atoms with Crippen LogP contribution in [0.4, 0.5) is 10.5 Å². The van der Waals surface area contributed by atoms with Gasteiger partial charge in [0.1, 0.15) is 0 Å². The molecular formula is C18H28N3O+. The van der Waals surface area contributed by atoms with Gasteiger partial charge in [0, 0.05) is 17.6 Å². The highest BCUT2D eigenvalue weighted by atomic mass is 16.2. The maximum Gasteiger partial charge on any atom is 0.322 e. The molecule has 1 fully saturated rings. The lowest BCUT2D eigenvalue weighted by atomic mass is 9.89. The number of piperidine rings is 1. The van der Waals surface area contributed by atoms with Crippen molar-refractivity contribution in [3.8, 4) is 0 Å². The number of hydrogen-bond donors (Lipinski definition) is 2. The van der Waals surface area contributed by atoms with Crippen molar-refractivity contribution in [2.45, 2.75) is 51.6 Å². The number of aryl methyl sites for hydroxylation is 1. The number of fused-ring (bicyclic) bond motifs is 3. The van der Waals surface area contributed by atoms with Crippen molar-refractivity contribution >= 4 is 11.7 Å². The van der Waals surface area contributed by atoms with Gasteiger partial charge in [-0.05, 0) is 39.3 Å². The molecular weight excluding hydrogens is 274 g/mol. The van der Waals surface area contributed by atoms with Crippen molar-refractivity contribution in [1.82, 2.24) is 5.32 Å². The molecule has 4 nitrogen and oxygen atoms in total. The van der Waals surface area contributed by atoms with Gasteiger partial charge in [0.2, 0.25) is 0 Å². The highest BCUT2D eigenvalue weighted by Crippen LogP contribution is 2.43. The first-order valence-electron chi connectivity index (χ1n) is 8.29. The molecule has 2 aliphatic heterocycles. The van der Waals surface area contributed by atoms with Crippen LogP contribution in [0.1, 0.15) is 44.2 Å². The fraction of sp³-hybridized carbons (Fsp3) is 0.611. The molecule has 3 atom stereocenters. The number of amides is 2. The molecule has 1 aromatic carbocycles. The number of carbonyl (C=O) groups is 1. The maximum absolute atomic E-state index is 12.9. The van der Waals surface area contributed by atoms with Gasteiger partial charge in [-0.3, -0.25) is 4.90 Å². The van der Waals surface area contributed by atoms with Gasteiger partial charge in [-0.2, -0.15) is 0 Å². The predicted molar refractivity (Wildman–Crippen MR) is 89.7 cm³/mol. The van der Waals surface area contributed by atoms with Crippen LogP contribution in [-0.2, 0) is 0 Å². The average Bonchev–Trinajstić information content (AvgIpc) is 2.70. The van der Waals surface area contributed by atoms with Gasteiger partial charge >= 0.3 is 6.03 Å². The van der Waals surface area contributed by atoms with Gasteiger partial charge in [0.15, 0.2) is 0 Å². The summed E-state index contributed by atoms with van der Waals surface area (Å²) in [6.07, 6.45) is 1.07. The summed E-state index contributed by atoms with van der Waals surface area (Å²) in [6.45, 7) is 10.5. The Hall–Kier alpha value is -1.55. The van der Waals surface area contributed by atoms with Gasteiger partial charge in [0.25, 0.3) is 0 Å². The van der Waals surface area contributed by atoms with Crippen molar-refractivity contribution in [1.29, 1.82) is 0 Å². The zero-order valence-electron chi connectivity index (χ0n) is 14.4. The molecule has 2 N–H and O–H groups in total. The van der Waals surface area contributed by atoms with E-state index in [9.17, 15) is 4.79 Å². The van der Waals surface area contributed by atoms with Crippen LogP contribution in [0.3, 0.4) is 0 Å². The summed E-state index contributed by atoms with van der Waals surface area (Å²) < 4.78 is 0. The Morgan fingerprint density at radius 1 is 1.36 bits per heavy atom. The number of benzene rings is 1. The molecule has 2 heterocycles. The third kappa shape index (κ3) is 2.72. The molecule has 0 spiro atoms. The van der Waals surface area contributed by atoms with E-state index in [0.717, 1.165) is 25.2 Å². The van der Waals surface area contributed by atoms with E-state index in [1.165, 1.54) is 11.1 Å². The van der Waals surface area contributed by atoms with Crippen LogP contribution in [0.25, 0.3) is 0 Å². The lowest BCUT2D eigenvalue weighted by Crippen LogP contribution is -3.11. The number of carbonyl (C=O) groups excluding carboxylic acids is 1. The van der Waals surface area contributed by atoms with E-state index in [1.54, 1.807) is 4.90 Å². The molecule has 0 radical (unpaired) electrons. The lowest BCUT2D eigenvalue weighted by molar-refractivity contribution is -0.886. The number of nitrogens with one attached hydrogen (secondary N) is 2. The standard InChI is InChI=1S/C18H27N3O/c1-12-6-7-15-13(10-12)14-11-20(5)9-8-16(14)21(15)17(22)19-18(2,3)4/h6-7,10,14,16H,8-9,11H2,1-5H3,(H,19,22)/p+1. The molecule has 120 valence electrons. The first-order valence-corrected chi connectivity index (χ1v) is 8.29. The topological polar surface area (TPSA) is 36.8 Å². The van der Waals surface area contributed by atoms with E-state index < -0.39 is 0 Å². The molecule has 0 aromatic heterocycles. The summed E-state index contributed by atoms with van der Waals surface area (Å²) in [5.74, 6) is 0.467. The van der Waals surface area contributed by atoms with E-state index in [1.807, 2.05) is 25.7 Å². The summed E-state index contributed by atoms with van der Waals surface area (Å²) >= 11 is 0. The van der Waals surface area contributed by atoms with Crippen LogP contribution < -0.4 is 15.1 Å². The van der Waals surface area contributed by atoms with E-state index in [-0.39, 0.29) is 11.6 Å². The van der Waals surface area contributed by atoms with Crippen molar-refractivity contribution in [3.05, 3.63) is 29.3 Å². The fourth-order valence-electron chi connectivity index (χ4n) is 3.85. The number of urea groups is 1. The fourth-order valence-corrected chi connectivity index (χ4v) is 3.85. The largest absolute Gasteiger partial charge is 0.337 e. The molecule has 0 aliphatic carbocycles. The van der Waals surface area contributed by atoms with Gasteiger partial charge < -0.3 is 10.2 Å². The van der Waals surface area contributed by atoms with E-state index in [0.29, 0.717) is 12.0 Å². The average molecular weight is 302 g/mol. The summed E-state index contributed by atoms with van der Waals surface area (Å²) in [5.41, 5.74) is 3.53. The summed E-state index contributed by atoms with van der Waals surface area (Å²) in [6, 6.07) is 6.87. The van der Waals surface area contributed by atoms with Crippen molar-refractivity contribution < 1.29 is 9.69 Å². The van der Waals surface area contributed by atoms with Crippen LogP contribution in [0.15, 0.2) is 18.2 Å². The first kappa shape index (κ1) is 15.3. The number of likely N-dealkylation sites (N-methyl/N-ethyl adjacent to an activating group) is 1. The summed E-state index contributed by atoms with van der Waals surface area (Å²) in [7, 11) is 2.25. The van der Waals surface area contributed by atoms with Crippen LogP contribution in [0.2, 0.25) is 0 Å². The Morgan fingerprint density at radius 3 is 2.77 bits per heavy atom. The normalized spacial score (nSPS) is 27.3. The highest BCUT2D eigenvalue weighted by Gasteiger charge is 2.46. The molecule has 2 aliphatic rings. The summed E-state index contributed by atoms with van der Waals surface area (Å²) in [4.78, 5) is 16.4. The predicted octanol–water partition coefficient (Wildman–Crippen LogP) is 1.69. The van der Waals surface area contributed by atoms with Gasteiger partial charge in [-0.1, -0.05) is 17.7 Å². The Balaban J connectivity index is 1.98. The Labute approximate surface area is 133 Å². The van der Waals surface area contributed by atoms with Crippen molar-refractivity contribution in [3.63, 3.8) is 0 Å². The molecule has 22 heavy (non-hydrogen) atoms. The Morgan fingerprint density at radius 2 is 2.09 bits per heavy atom. The second-order valence-electron chi connectivity index (χ2n) is 7.99. The number of likely N-dealkylation sites (tertiary alicyclic amines) is 1. The number of rotatable bonds is 0. The molecule has 4 heteroatoms. The van der Waals surface area contributed by atoms with Crippen LogP contribution in [0, 0.1) is 6.92 Å². The third-order valence-electron chi connectivity index (χ3n) is 4.77. The SMILES string of the molecule is Cc1ccc2c(c1)C1C[NH+](C)CCC1N2C(=O)NC(C)(C)C. The zero-order valence-corrected chi connectivity index (χ0v) is 14.4. The number of nitrogens with zero attached hydrogens (tertiary/aromatic N) is 1. The van der Waals surface area contributed by atoms with Gasteiger partial charge in [-0.25, -0.2) is 4.79 Å². The number of hydrogen-bond acceptors (Lipinski definition) is 1. The highest BCUT2D eigenvalue weighted by molar-refractivity contribution is 5.96. The van der Waals surface area contributed by atoms with E-state index in [4.69, 9.17) is 0 Å². The maximum atomic E-state index is 12.9. The quantitative estimate of drug-likeness (QED) is 0.752. The minimum atomic E-state index is -0.212. The van der Waals surface area contributed by atoms with Crippen molar-refractivity contribution in [2.75, 3.05) is 25.0 Å². The van der Waals surface area contributed by atoms with Gasteiger partial charge in [-0.15, -0.1) is 0 Å². The minimum absolute atomic E-state index is 0.0460. The monoisotopic (exact) mass is 302 g/mol. The molecule has 1 saturated heterocycles. The Bertz CT molecular complexity index is 590. The molecule has 0 bridgehead atoms. The third-order valence-corrected chi connectivity index (χ3v) is 4.77. The second-order valence-corrected chi connectivity index (χ2v) is 7.99. The molecule has 3 rings (SSSR count). The molecule has 2 amide bonds. The molecule has 1 aromatic rings. The number of quaternary nitrogens is 1. The van der Waals surface area contributed by atoms with Gasteiger partial charge in [0.05, 0.1) is 32.1 Å².